The molecule has 0 aliphatic rings. The predicted molar refractivity (Wildman–Crippen MR) is 106 cm³/mol. The van der Waals surface area contributed by atoms with Crippen molar-refractivity contribution in [3.8, 4) is 0 Å². The average Bonchev–Trinajstić information content (AvgIpc) is 3.41. The predicted octanol–water partition coefficient (Wildman–Crippen LogP) is 3.85. The highest BCUT2D eigenvalue weighted by molar-refractivity contribution is 5.16. The number of tetrazole rings is 1. The molecule has 0 bridgehead atoms. The Morgan fingerprint density at radius 3 is 2.45 bits per heavy atom. The van der Waals surface area contributed by atoms with Crippen LogP contribution in [0.15, 0.2) is 77.4 Å². The van der Waals surface area contributed by atoms with Crippen molar-refractivity contribution in [1.82, 2.24) is 25.1 Å². The van der Waals surface area contributed by atoms with E-state index in [1.807, 2.05) is 35.0 Å². The van der Waals surface area contributed by atoms with Crippen LogP contribution in [0.25, 0.3) is 0 Å². The molecule has 0 aliphatic heterocycles. The molecule has 0 saturated carbocycles. The van der Waals surface area contributed by atoms with E-state index in [1.54, 1.807) is 18.4 Å². The summed E-state index contributed by atoms with van der Waals surface area (Å²) in [6.45, 7) is 2.50. The van der Waals surface area contributed by atoms with Crippen molar-refractivity contribution in [2.45, 2.75) is 32.6 Å². The van der Waals surface area contributed by atoms with Crippen molar-refractivity contribution < 1.29 is 8.81 Å². The van der Waals surface area contributed by atoms with Crippen LogP contribution in [0.2, 0.25) is 0 Å². The second kappa shape index (κ2) is 9.25. The number of aromatic nitrogens is 4. The van der Waals surface area contributed by atoms with Gasteiger partial charge in [-0.2, -0.15) is 0 Å². The third-order valence-corrected chi connectivity index (χ3v) is 4.71. The van der Waals surface area contributed by atoms with Crippen molar-refractivity contribution in [3.63, 3.8) is 0 Å². The SMILES string of the molecule is Fc1ccc(CN(Cc2ccco2)Cc2nnnn2CCc2ccccc2)cc1. The van der Waals surface area contributed by atoms with Crippen LogP contribution in [0.3, 0.4) is 0 Å². The van der Waals surface area contributed by atoms with Gasteiger partial charge in [-0.25, -0.2) is 9.07 Å². The Morgan fingerprint density at radius 1 is 0.862 bits per heavy atom. The number of hydrogen-bond acceptors (Lipinski definition) is 5. The minimum Gasteiger partial charge on any atom is -0.468 e. The van der Waals surface area contributed by atoms with Crippen molar-refractivity contribution in [3.05, 3.63) is 102 Å². The molecular weight excluding hydrogens is 369 g/mol. The molecule has 0 fully saturated rings. The van der Waals surface area contributed by atoms with E-state index in [9.17, 15) is 4.39 Å². The van der Waals surface area contributed by atoms with E-state index >= 15 is 0 Å². The van der Waals surface area contributed by atoms with Crippen LogP contribution < -0.4 is 0 Å². The number of aryl methyl sites for hydroxylation is 2. The van der Waals surface area contributed by atoms with E-state index < -0.39 is 0 Å². The normalized spacial score (nSPS) is 11.2. The summed E-state index contributed by atoms with van der Waals surface area (Å²) in [6.07, 6.45) is 2.52. The van der Waals surface area contributed by atoms with E-state index in [1.165, 1.54) is 17.7 Å². The average molecular weight is 391 g/mol. The van der Waals surface area contributed by atoms with Gasteiger partial charge in [0.2, 0.25) is 0 Å². The summed E-state index contributed by atoms with van der Waals surface area (Å²) in [4.78, 5) is 2.18. The summed E-state index contributed by atoms with van der Waals surface area (Å²) in [5.74, 6) is 1.40. The third-order valence-electron chi connectivity index (χ3n) is 4.71. The van der Waals surface area contributed by atoms with Gasteiger partial charge >= 0.3 is 0 Å². The molecule has 7 heteroatoms. The molecular formula is C22H22FN5O. The van der Waals surface area contributed by atoms with Gasteiger partial charge in [-0.3, -0.25) is 4.90 Å². The van der Waals surface area contributed by atoms with Gasteiger partial charge in [0.15, 0.2) is 5.82 Å². The minimum atomic E-state index is -0.240. The van der Waals surface area contributed by atoms with Crippen LogP contribution in [-0.2, 0) is 32.6 Å². The summed E-state index contributed by atoms with van der Waals surface area (Å²) >= 11 is 0. The Kier molecular flexibility index (Phi) is 6.07. The number of benzene rings is 2. The van der Waals surface area contributed by atoms with Crippen LogP contribution in [0.1, 0.15) is 22.7 Å². The lowest BCUT2D eigenvalue weighted by Crippen LogP contribution is -2.24. The molecule has 148 valence electrons. The lowest BCUT2D eigenvalue weighted by molar-refractivity contribution is 0.217. The molecule has 0 spiro atoms. The van der Waals surface area contributed by atoms with E-state index in [-0.39, 0.29) is 5.82 Å². The Labute approximate surface area is 168 Å². The highest BCUT2D eigenvalue weighted by Crippen LogP contribution is 2.14. The van der Waals surface area contributed by atoms with E-state index in [2.05, 4.69) is 32.6 Å². The number of halogens is 1. The fraction of sp³-hybridized carbons (Fsp3) is 0.227. The van der Waals surface area contributed by atoms with Gasteiger partial charge in [0.05, 0.1) is 19.4 Å². The molecule has 4 aromatic rings. The highest BCUT2D eigenvalue weighted by Gasteiger charge is 2.15. The molecule has 4 rings (SSSR count). The summed E-state index contributed by atoms with van der Waals surface area (Å²) < 4.78 is 20.6. The van der Waals surface area contributed by atoms with Crippen LogP contribution in [0.4, 0.5) is 4.39 Å². The van der Waals surface area contributed by atoms with Gasteiger partial charge in [0, 0.05) is 13.1 Å². The van der Waals surface area contributed by atoms with Crippen molar-refractivity contribution in [2.75, 3.05) is 0 Å². The molecule has 6 nitrogen and oxygen atoms in total. The van der Waals surface area contributed by atoms with Gasteiger partial charge in [-0.05, 0) is 52.2 Å². The van der Waals surface area contributed by atoms with Crippen molar-refractivity contribution in [2.24, 2.45) is 0 Å². The molecule has 0 saturated heterocycles. The maximum Gasteiger partial charge on any atom is 0.165 e. The molecule has 0 atom stereocenters. The van der Waals surface area contributed by atoms with Gasteiger partial charge in [0.1, 0.15) is 11.6 Å². The van der Waals surface area contributed by atoms with Crippen LogP contribution in [0, 0.1) is 5.82 Å². The van der Waals surface area contributed by atoms with Crippen LogP contribution in [0.5, 0.6) is 0 Å². The quantitative estimate of drug-likeness (QED) is 0.434. The van der Waals surface area contributed by atoms with Gasteiger partial charge in [-0.1, -0.05) is 42.5 Å². The number of nitrogens with zero attached hydrogens (tertiary/aromatic N) is 5. The van der Waals surface area contributed by atoms with Crippen LogP contribution >= 0.6 is 0 Å². The summed E-state index contributed by atoms with van der Waals surface area (Å²) in [5.41, 5.74) is 2.26. The lowest BCUT2D eigenvalue weighted by Gasteiger charge is -2.21. The van der Waals surface area contributed by atoms with Crippen molar-refractivity contribution >= 4 is 0 Å². The Bertz CT molecular complexity index is 999. The van der Waals surface area contributed by atoms with E-state index in [0.29, 0.717) is 26.2 Å². The first-order valence-electron chi connectivity index (χ1n) is 9.54. The molecule has 0 N–H and O–H groups in total. The van der Waals surface area contributed by atoms with E-state index in [4.69, 9.17) is 4.42 Å². The topological polar surface area (TPSA) is 60.0 Å². The minimum absolute atomic E-state index is 0.240. The zero-order valence-corrected chi connectivity index (χ0v) is 16.0. The van der Waals surface area contributed by atoms with E-state index in [0.717, 1.165) is 23.6 Å². The first-order valence-corrected chi connectivity index (χ1v) is 9.54. The zero-order chi connectivity index (χ0) is 19.9. The molecule has 2 aromatic carbocycles. The number of rotatable bonds is 9. The molecule has 29 heavy (non-hydrogen) atoms. The molecule has 0 radical (unpaired) electrons. The summed E-state index contributed by atoms with van der Waals surface area (Å²) in [5, 5.41) is 12.2. The zero-order valence-electron chi connectivity index (χ0n) is 16.0. The fourth-order valence-corrected chi connectivity index (χ4v) is 3.23. The standard InChI is InChI=1S/C22H22FN5O/c23-20-10-8-19(9-11-20)15-27(16-21-7-4-14-29-21)17-22-24-25-26-28(22)13-12-18-5-2-1-3-6-18/h1-11,14H,12-13,15-17H2. The fourth-order valence-electron chi connectivity index (χ4n) is 3.23. The van der Waals surface area contributed by atoms with Gasteiger partial charge in [-0.15, -0.1) is 5.10 Å². The second-order valence-electron chi connectivity index (χ2n) is 6.90. The Hall–Kier alpha value is -3.32. The van der Waals surface area contributed by atoms with Crippen molar-refractivity contribution in [1.29, 1.82) is 0 Å². The van der Waals surface area contributed by atoms with Crippen LogP contribution in [-0.4, -0.2) is 25.1 Å². The number of hydrogen-bond donors (Lipinski definition) is 0. The van der Waals surface area contributed by atoms with Gasteiger partial charge in [0.25, 0.3) is 0 Å². The Balaban J connectivity index is 1.46. The third kappa shape index (κ3) is 5.36. The van der Waals surface area contributed by atoms with Gasteiger partial charge < -0.3 is 4.42 Å². The second-order valence-corrected chi connectivity index (χ2v) is 6.90. The maximum atomic E-state index is 13.3. The Morgan fingerprint density at radius 2 is 1.69 bits per heavy atom. The first kappa shape index (κ1) is 19.0. The largest absolute Gasteiger partial charge is 0.468 e. The molecule has 2 aromatic heterocycles. The maximum absolute atomic E-state index is 13.3. The number of furan rings is 1. The lowest BCUT2D eigenvalue weighted by atomic mass is 10.1. The molecule has 0 amide bonds. The first-order chi connectivity index (χ1) is 14.3. The summed E-state index contributed by atoms with van der Waals surface area (Å²) in [6, 6.07) is 20.6. The molecule has 0 aliphatic carbocycles. The smallest absolute Gasteiger partial charge is 0.165 e. The summed E-state index contributed by atoms with van der Waals surface area (Å²) in [7, 11) is 0. The monoisotopic (exact) mass is 391 g/mol. The highest BCUT2D eigenvalue weighted by atomic mass is 19.1. The molecule has 0 unspecified atom stereocenters. The molecule has 2 heterocycles.